The van der Waals surface area contributed by atoms with Gasteiger partial charge < -0.3 is 10.8 Å². The number of aliphatic carboxylic acids is 1. The highest BCUT2D eigenvalue weighted by atomic mass is 19.1. The van der Waals surface area contributed by atoms with Crippen molar-refractivity contribution in [2.24, 2.45) is 5.73 Å². The zero-order valence-electron chi connectivity index (χ0n) is 9.92. The van der Waals surface area contributed by atoms with Gasteiger partial charge in [0.15, 0.2) is 11.6 Å². The van der Waals surface area contributed by atoms with Crippen LogP contribution in [0, 0.1) is 17.5 Å². The summed E-state index contributed by atoms with van der Waals surface area (Å²) in [7, 11) is 0. The fourth-order valence-corrected chi connectivity index (χ4v) is 1.57. The summed E-state index contributed by atoms with van der Waals surface area (Å²) in [4.78, 5) is 10.6. The Morgan fingerprint density at radius 1 is 1.35 bits per heavy atom. The van der Waals surface area contributed by atoms with Crippen molar-refractivity contribution in [3.8, 4) is 5.69 Å². The van der Waals surface area contributed by atoms with E-state index in [4.69, 9.17) is 10.8 Å². The van der Waals surface area contributed by atoms with Gasteiger partial charge in [0.05, 0.1) is 11.9 Å². The summed E-state index contributed by atoms with van der Waals surface area (Å²) < 4.78 is 40.6. The molecule has 1 heterocycles. The smallest absolute Gasteiger partial charge is 0.320 e. The summed E-state index contributed by atoms with van der Waals surface area (Å²) in [5, 5.41) is 15.7. The average Bonchev–Trinajstić information content (AvgIpc) is 2.75. The molecule has 6 nitrogen and oxygen atoms in total. The molecule has 2 rings (SSSR count). The molecule has 0 bridgehead atoms. The van der Waals surface area contributed by atoms with Crippen LogP contribution >= 0.6 is 0 Å². The zero-order chi connectivity index (χ0) is 14.9. The maximum absolute atomic E-state index is 13.5. The van der Waals surface area contributed by atoms with Crippen LogP contribution in [0.2, 0.25) is 0 Å². The van der Waals surface area contributed by atoms with Crippen molar-refractivity contribution in [2.75, 3.05) is 0 Å². The van der Waals surface area contributed by atoms with Gasteiger partial charge in [0, 0.05) is 18.6 Å². The van der Waals surface area contributed by atoms with Crippen LogP contribution in [-0.2, 0) is 11.2 Å². The standard InChI is InChI=1S/C11H9F3N4O2/c12-5-1-7(13)10(8(14)2-5)18-4-6(16-17-18)3-9(15)11(19)20/h1-2,4,9H,3,15H2,(H,19,20). The lowest BCUT2D eigenvalue weighted by molar-refractivity contribution is -0.138. The molecule has 2 aromatic rings. The number of carboxylic acids is 1. The second-order valence-electron chi connectivity index (χ2n) is 4.02. The van der Waals surface area contributed by atoms with Crippen molar-refractivity contribution in [2.45, 2.75) is 12.5 Å². The topological polar surface area (TPSA) is 94.0 Å². The van der Waals surface area contributed by atoms with Crippen LogP contribution in [0.1, 0.15) is 5.69 Å². The molecule has 0 aliphatic carbocycles. The van der Waals surface area contributed by atoms with Crippen LogP contribution in [0.3, 0.4) is 0 Å². The second kappa shape index (κ2) is 5.29. The highest BCUT2D eigenvalue weighted by Gasteiger charge is 2.18. The summed E-state index contributed by atoms with van der Waals surface area (Å²) in [6.45, 7) is 0. The van der Waals surface area contributed by atoms with E-state index in [1.807, 2.05) is 0 Å². The SMILES string of the molecule is NC(Cc1cn(-c2c(F)cc(F)cc2F)nn1)C(=O)O. The lowest BCUT2D eigenvalue weighted by atomic mass is 10.2. The maximum Gasteiger partial charge on any atom is 0.320 e. The fourth-order valence-electron chi connectivity index (χ4n) is 1.57. The summed E-state index contributed by atoms with van der Waals surface area (Å²) in [6, 6.07) is -0.200. The van der Waals surface area contributed by atoms with E-state index < -0.39 is 35.2 Å². The molecule has 0 aliphatic rings. The summed E-state index contributed by atoms with van der Waals surface area (Å²) in [6.07, 6.45) is 0.974. The fraction of sp³-hybridized carbons (Fsp3) is 0.182. The Morgan fingerprint density at radius 2 is 1.95 bits per heavy atom. The first-order valence-electron chi connectivity index (χ1n) is 5.43. The molecule has 1 unspecified atom stereocenters. The van der Waals surface area contributed by atoms with Crippen molar-refractivity contribution < 1.29 is 23.1 Å². The number of nitrogens with two attached hydrogens (primary N) is 1. The van der Waals surface area contributed by atoms with Crippen molar-refractivity contribution >= 4 is 5.97 Å². The molecular formula is C11H9F3N4O2. The first-order valence-corrected chi connectivity index (χ1v) is 5.43. The van der Waals surface area contributed by atoms with Gasteiger partial charge in [0.2, 0.25) is 0 Å². The zero-order valence-corrected chi connectivity index (χ0v) is 9.92. The Morgan fingerprint density at radius 3 is 2.50 bits per heavy atom. The summed E-state index contributed by atoms with van der Waals surface area (Å²) in [5.41, 5.74) is 4.84. The monoisotopic (exact) mass is 286 g/mol. The molecule has 1 atom stereocenters. The first-order chi connectivity index (χ1) is 9.38. The van der Waals surface area contributed by atoms with Crippen LogP contribution in [0.15, 0.2) is 18.3 Å². The molecule has 0 saturated carbocycles. The third-order valence-electron chi connectivity index (χ3n) is 2.50. The lowest BCUT2D eigenvalue weighted by Crippen LogP contribution is -2.32. The first kappa shape index (κ1) is 14.0. The van der Waals surface area contributed by atoms with Crippen molar-refractivity contribution in [3.05, 3.63) is 41.5 Å². The van der Waals surface area contributed by atoms with Crippen LogP contribution < -0.4 is 5.73 Å². The highest BCUT2D eigenvalue weighted by Crippen LogP contribution is 2.18. The molecule has 0 spiro atoms. The third kappa shape index (κ3) is 2.77. The van der Waals surface area contributed by atoms with Crippen LogP contribution in [0.5, 0.6) is 0 Å². The van der Waals surface area contributed by atoms with Crippen molar-refractivity contribution in [1.82, 2.24) is 15.0 Å². The third-order valence-corrected chi connectivity index (χ3v) is 2.50. The van der Waals surface area contributed by atoms with E-state index in [9.17, 15) is 18.0 Å². The van der Waals surface area contributed by atoms with Crippen LogP contribution in [0.25, 0.3) is 5.69 Å². The Kier molecular flexibility index (Phi) is 3.70. The molecule has 1 aromatic heterocycles. The molecule has 1 aromatic carbocycles. The summed E-state index contributed by atoms with van der Waals surface area (Å²) >= 11 is 0. The predicted octanol–water partition coefficient (Wildman–Crippen LogP) is 0.639. The normalized spacial score (nSPS) is 12.4. The number of halogens is 3. The van der Waals surface area contributed by atoms with E-state index in [2.05, 4.69) is 10.3 Å². The van der Waals surface area contributed by atoms with E-state index in [0.29, 0.717) is 12.1 Å². The molecule has 9 heteroatoms. The maximum atomic E-state index is 13.5. The van der Waals surface area contributed by atoms with Crippen molar-refractivity contribution in [1.29, 1.82) is 0 Å². The number of nitrogens with zero attached hydrogens (tertiary/aromatic N) is 3. The van der Waals surface area contributed by atoms with E-state index in [1.54, 1.807) is 0 Å². The molecule has 0 fully saturated rings. The number of hydrogen-bond acceptors (Lipinski definition) is 4. The van der Waals surface area contributed by atoms with E-state index >= 15 is 0 Å². The van der Waals surface area contributed by atoms with Gasteiger partial charge in [-0.3, -0.25) is 4.79 Å². The van der Waals surface area contributed by atoms with Crippen molar-refractivity contribution in [3.63, 3.8) is 0 Å². The second-order valence-corrected chi connectivity index (χ2v) is 4.02. The number of aromatic nitrogens is 3. The Bertz CT molecular complexity index is 636. The van der Waals surface area contributed by atoms with Crippen LogP contribution in [0.4, 0.5) is 13.2 Å². The molecule has 0 radical (unpaired) electrons. The number of carbonyl (C=O) groups is 1. The number of carboxylic acid groups (broad SMARTS) is 1. The van der Waals surface area contributed by atoms with Gasteiger partial charge in [-0.1, -0.05) is 5.21 Å². The molecule has 0 amide bonds. The Labute approximate surface area is 110 Å². The molecule has 106 valence electrons. The van der Waals surface area contributed by atoms with Gasteiger partial charge in [0.1, 0.15) is 17.5 Å². The minimum atomic E-state index is -1.24. The molecule has 20 heavy (non-hydrogen) atoms. The average molecular weight is 286 g/mol. The molecule has 3 N–H and O–H groups in total. The van der Waals surface area contributed by atoms with Gasteiger partial charge >= 0.3 is 5.97 Å². The van der Waals surface area contributed by atoms with Gasteiger partial charge in [0.25, 0.3) is 0 Å². The minimum Gasteiger partial charge on any atom is -0.480 e. The van der Waals surface area contributed by atoms with Gasteiger partial charge in [-0.25, -0.2) is 17.9 Å². The number of hydrogen-bond donors (Lipinski definition) is 2. The van der Waals surface area contributed by atoms with Gasteiger partial charge in [-0.05, 0) is 0 Å². The van der Waals surface area contributed by atoms with E-state index in [0.717, 1.165) is 10.9 Å². The molecular weight excluding hydrogens is 277 g/mol. The van der Waals surface area contributed by atoms with E-state index in [1.165, 1.54) is 0 Å². The minimum absolute atomic E-state index is 0.142. The van der Waals surface area contributed by atoms with Gasteiger partial charge in [-0.15, -0.1) is 5.10 Å². The predicted molar refractivity (Wildman–Crippen MR) is 60.5 cm³/mol. The largest absolute Gasteiger partial charge is 0.480 e. The molecule has 0 aliphatic heterocycles. The Hall–Kier alpha value is -2.42. The lowest BCUT2D eigenvalue weighted by Gasteiger charge is -2.04. The number of benzene rings is 1. The van der Waals surface area contributed by atoms with E-state index in [-0.39, 0.29) is 12.1 Å². The van der Waals surface area contributed by atoms with Gasteiger partial charge in [-0.2, -0.15) is 0 Å². The Balaban J connectivity index is 2.32. The quantitative estimate of drug-likeness (QED) is 0.860. The number of rotatable bonds is 4. The van der Waals surface area contributed by atoms with Crippen LogP contribution in [-0.4, -0.2) is 32.1 Å². The molecule has 0 saturated heterocycles. The summed E-state index contributed by atoms with van der Waals surface area (Å²) in [5.74, 6) is -4.60. The highest BCUT2D eigenvalue weighted by molar-refractivity contribution is 5.73.